The zero-order valence-corrected chi connectivity index (χ0v) is 11.4. The van der Waals surface area contributed by atoms with E-state index in [4.69, 9.17) is 22.1 Å². The maximum atomic E-state index is 12.1. The molecule has 3 rings (SSSR count). The Labute approximate surface area is 121 Å². The van der Waals surface area contributed by atoms with Crippen LogP contribution in [0.4, 0.5) is 11.4 Å². The smallest absolute Gasteiger partial charge is 0.265 e. The van der Waals surface area contributed by atoms with Crippen LogP contribution >= 0.6 is 11.6 Å². The SMILES string of the molecule is Nc1ccc(Cl)c(CN2C(=O)COc3ccccc32)c1. The number of carbonyl (C=O) groups excluding carboxylic acids is 1. The van der Waals surface area contributed by atoms with E-state index < -0.39 is 0 Å². The van der Waals surface area contributed by atoms with Gasteiger partial charge in [-0.1, -0.05) is 23.7 Å². The number of carbonyl (C=O) groups is 1. The molecule has 5 heteroatoms. The summed E-state index contributed by atoms with van der Waals surface area (Å²) in [7, 11) is 0. The molecule has 1 aliphatic rings. The van der Waals surface area contributed by atoms with Crippen LogP contribution in [0.1, 0.15) is 5.56 Å². The molecule has 0 radical (unpaired) electrons. The lowest BCUT2D eigenvalue weighted by Crippen LogP contribution is -2.38. The zero-order valence-electron chi connectivity index (χ0n) is 10.7. The van der Waals surface area contributed by atoms with Crippen molar-refractivity contribution in [1.82, 2.24) is 0 Å². The summed E-state index contributed by atoms with van der Waals surface area (Å²) in [5.41, 5.74) is 7.97. The molecule has 0 aliphatic carbocycles. The maximum Gasteiger partial charge on any atom is 0.265 e. The van der Waals surface area contributed by atoms with Crippen LogP contribution in [0.15, 0.2) is 42.5 Å². The first-order valence-corrected chi connectivity index (χ1v) is 6.59. The lowest BCUT2D eigenvalue weighted by atomic mass is 10.1. The summed E-state index contributed by atoms with van der Waals surface area (Å²) >= 11 is 6.17. The van der Waals surface area contributed by atoms with Crippen LogP contribution in [0.2, 0.25) is 5.02 Å². The minimum atomic E-state index is -0.0952. The van der Waals surface area contributed by atoms with Gasteiger partial charge in [0.25, 0.3) is 5.91 Å². The van der Waals surface area contributed by atoms with Crippen LogP contribution < -0.4 is 15.4 Å². The van der Waals surface area contributed by atoms with Crippen molar-refractivity contribution >= 4 is 28.9 Å². The van der Waals surface area contributed by atoms with E-state index in [0.717, 1.165) is 11.3 Å². The summed E-state index contributed by atoms with van der Waals surface area (Å²) < 4.78 is 5.41. The van der Waals surface area contributed by atoms with Gasteiger partial charge in [-0.05, 0) is 35.9 Å². The fourth-order valence-electron chi connectivity index (χ4n) is 2.21. The number of para-hydroxylation sites is 2. The van der Waals surface area contributed by atoms with Gasteiger partial charge in [0, 0.05) is 10.7 Å². The number of amides is 1. The Hall–Kier alpha value is -2.20. The number of halogens is 1. The van der Waals surface area contributed by atoms with Crippen molar-refractivity contribution in [3.05, 3.63) is 53.1 Å². The number of nitrogens with zero attached hydrogens (tertiary/aromatic N) is 1. The molecular formula is C15H13ClN2O2. The van der Waals surface area contributed by atoms with Gasteiger partial charge >= 0.3 is 0 Å². The Morgan fingerprint density at radius 1 is 1.25 bits per heavy atom. The molecule has 0 aromatic heterocycles. The Balaban J connectivity index is 1.97. The van der Waals surface area contributed by atoms with Gasteiger partial charge < -0.3 is 15.4 Å². The molecule has 2 aromatic carbocycles. The van der Waals surface area contributed by atoms with E-state index >= 15 is 0 Å². The normalized spacial score (nSPS) is 13.8. The van der Waals surface area contributed by atoms with Crippen LogP contribution in [0.25, 0.3) is 0 Å². The van der Waals surface area contributed by atoms with Crippen LogP contribution in [0, 0.1) is 0 Å². The number of anilines is 2. The Morgan fingerprint density at radius 2 is 2.05 bits per heavy atom. The minimum absolute atomic E-state index is 0.0386. The largest absolute Gasteiger partial charge is 0.482 e. The van der Waals surface area contributed by atoms with E-state index in [-0.39, 0.29) is 12.5 Å². The number of nitrogens with two attached hydrogens (primary N) is 1. The average molecular weight is 289 g/mol. The van der Waals surface area contributed by atoms with Crippen molar-refractivity contribution in [3.8, 4) is 5.75 Å². The summed E-state index contributed by atoms with van der Waals surface area (Å²) in [6, 6.07) is 12.7. The fraction of sp³-hybridized carbons (Fsp3) is 0.133. The molecule has 0 unspecified atom stereocenters. The molecule has 0 atom stereocenters. The molecule has 102 valence electrons. The van der Waals surface area contributed by atoms with E-state index in [1.807, 2.05) is 24.3 Å². The molecule has 2 aromatic rings. The van der Waals surface area contributed by atoms with Gasteiger partial charge in [0.15, 0.2) is 6.61 Å². The topological polar surface area (TPSA) is 55.6 Å². The second-order valence-corrected chi connectivity index (χ2v) is 4.99. The molecule has 2 N–H and O–H groups in total. The molecule has 0 fully saturated rings. The third-order valence-electron chi connectivity index (χ3n) is 3.21. The molecule has 0 bridgehead atoms. The molecule has 0 saturated carbocycles. The number of hydrogen-bond donors (Lipinski definition) is 1. The molecule has 1 aliphatic heterocycles. The zero-order chi connectivity index (χ0) is 14.1. The summed E-state index contributed by atoms with van der Waals surface area (Å²) in [6.07, 6.45) is 0. The molecular weight excluding hydrogens is 276 g/mol. The summed E-state index contributed by atoms with van der Waals surface area (Å²) in [4.78, 5) is 13.8. The van der Waals surface area contributed by atoms with Crippen molar-refractivity contribution in [2.75, 3.05) is 17.2 Å². The number of fused-ring (bicyclic) bond motifs is 1. The average Bonchev–Trinajstić information content (AvgIpc) is 2.46. The van der Waals surface area contributed by atoms with Crippen LogP contribution in [-0.4, -0.2) is 12.5 Å². The highest BCUT2D eigenvalue weighted by Crippen LogP contribution is 2.33. The van der Waals surface area contributed by atoms with Gasteiger partial charge in [-0.2, -0.15) is 0 Å². The van der Waals surface area contributed by atoms with Crippen molar-refractivity contribution in [2.24, 2.45) is 0 Å². The lowest BCUT2D eigenvalue weighted by molar-refractivity contribution is -0.121. The van der Waals surface area contributed by atoms with Crippen molar-refractivity contribution < 1.29 is 9.53 Å². The highest BCUT2D eigenvalue weighted by Gasteiger charge is 2.25. The summed E-state index contributed by atoms with van der Waals surface area (Å²) in [6.45, 7) is 0.417. The molecule has 1 heterocycles. The van der Waals surface area contributed by atoms with Crippen molar-refractivity contribution in [2.45, 2.75) is 6.54 Å². The quantitative estimate of drug-likeness (QED) is 0.865. The third kappa shape index (κ3) is 2.30. The van der Waals surface area contributed by atoms with Gasteiger partial charge in [0.05, 0.1) is 12.2 Å². The standard InChI is InChI=1S/C15H13ClN2O2/c16-12-6-5-11(17)7-10(12)8-18-13-3-1-2-4-14(13)20-9-15(18)19/h1-7H,8-9,17H2. The number of benzene rings is 2. The second kappa shape index (κ2) is 5.06. The highest BCUT2D eigenvalue weighted by molar-refractivity contribution is 6.31. The van der Waals surface area contributed by atoms with Crippen LogP contribution in [0.3, 0.4) is 0 Å². The molecule has 4 nitrogen and oxygen atoms in total. The van der Waals surface area contributed by atoms with Crippen LogP contribution in [-0.2, 0) is 11.3 Å². The van der Waals surface area contributed by atoms with E-state index in [9.17, 15) is 4.79 Å². The predicted molar refractivity (Wildman–Crippen MR) is 79.0 cm³/mol. The first-order valence-electron chi connectivity index (χ1n) is 6.21. The highest BCUT2D eigenvalue weighted by atomic mass is 35.5. The maximum absolute atomic E-state index is 12.1. The molecule has 1 amide bonds. The Morgan fingerprint density at radius 3 is 2.90 bits per heavy atom. The first kappa shape index (κ1) is 12.8. The number of nitrogen functional groups attached to an aromatic ring is 1. The molecule has 0 spiro atoms. The van der Waals surface area contributed by atoms with Crippen molar-refractivity contribution in [3.63, 3.8) is 0 Å². The van der Waals surface area contributed by atoms with Gasteiger partial charge in [-0.25, -0.2) is 0 Å². The van der Waals surface area contributed by atoms with Crippen LogP contribution in [0.5, 0.6) is 5.75 Å². The Kier molecular flexibility index (Phi) is 3.24. The lowest BCUT2D eigenvalue weighted by Gasteiger charge is -2.29. The summed E-state index contributed by atoms with van der Waals surface area (Å²) in [5, 5.41) is 0.593. The summed E-state index contributed by atoms with van der Waals surface area (Å²) in [5.74, 6) is 0.606. The monoisotopic (exact) mass is 288 g/mol. The van der Waals surface area contributed by atoms with E-state index in [2.05, 4.69) is 0 Å². The van der Waals surface area contributed by atoms with Gasteiger partial charge in [0.2, 0.25) is 0 Å². The van der Waals surface area contributed by atoms with Crippen molar-refractivity contribution in [1.29, 1.82) is 0 Å². The van der Waals surface area contributed by atoms with Gasteiger partial charge in [0.1, 0.15) is 5.75 Å². The second-order valence-electron chi connectivity index (χ2n) is 4.59. The minimum Gasteiger partial charge on any atom is -0.482 e. The van der Waals surface area contributed by atoms with Gasteiger partial charge in [-0.3, -0.25) is 4.79 Å². The molecule has 20 heavy (non-hydrogen) atoms. The first-order chi connectivity index (χ1) is 9.65. The molecule has 0 saturated heterocycles. The number of rotatable bonds is 2. The van der Waals surface area contributed by atoms with E-state index in [1.54, 1.807) is 23.1 Å². The number of hydrogen-bond acceptors (Lipinski definition) is 3. The van der Waals surface area contributed by atoms with E-state index in [0.29, 0.717) is 23.0 Å². The van der Waals surface area contributed by atoms with Gasteiger partial charge in [-0.15, -0.1) is 0 Å². The van der Waals surface area contributed by atoms with E-state index in [1.165, 1.54) is 0 Å². The predicted octanol–water partition coefficient (Wildman–Crippen LogP) is 2.85. The fourth-order valence-corrected chi connectivity index (χ4v) is 2.39. The Bertz CT molecular complexity index is 673. The number of ether oxygens (including phenoxy) is 1. The third-order valence-corrected chi connectivity index (χ3v) is 3.58.